The molecule has 0 saturated carbocycles. The maximum Gasteiger partial charge on any atom is 0.387 e. The summed E-state index contributed by atoms with van der Waals surface area (Å²) in [4.78, 5) is 11.0. The molecule has 0 fully saturated rings. The van der Waals surface area contributed by atoms with Crippen molar-refractivity contribution in [1.29, 1.82) is 0 Å². The maximum absolute atomic E-state index is 12.2. The number of hydrogen-bond donors (Lipinski definition) is 2. The van der Waals surface area contributed by atoms with Crippen LogP contribution in [0.25, 0.3) is 0 Å². The first kappa shape index (κ1) is 15.2. The molecule has 7 heteroatoms. The summed E-state index contributed by atoms with van der Waals surface area (Å²) in [5, 5.41) is 2.57. The molecule has 19 heavy (non-hydrogen) atoms. The van der Waals surface area contributed by atoms with Crippen molar-refractivity contribution in [2.24, 2.45) is 5.73 Å². The van der Waals surface area contributed by atoms with Gasteiger partial charge in [0.25, 0.3) is 0 Å². The van der Waals surface area contributed by atoms with E-state index >= 15 is 0 Å². The third kappa shape index (κ3) is 5.09. The number of alkyl halides is 2. The average Bonchev–Trinajstić information content (AvgIpc) is 2.38. The second-order valence-electron chi connectivity index (χ2n) is 3.57. The molecule has 1 aromatic carbocycles. The van der Waals surface area contributed by atoms with Crippen molar-refractivity contribution in [3.8, 4) is 11.5 Å². The fourth-order valence-electron chi connectivity index (χ4n) is 1.40. The number of nitrogens with one attached hydrogen (secondary N) is 1. The lowest BCUT2D eigenvalue weighted by Crippen LogP contribution is -2.29. The van der Waals surface area contributed by atoms with Crippen molar-refractivity contribution >= 4 is 5.91 Å². The van der Waals surface area contributed by atoms with Crippen LogP contribution in [0.5, 0.6) is 11.5 Å². The summed E-state index contributed by atoms with van der Waals surface area (Å²) in [5.74, 6) is -0.126. The first-order valence-electron chi connectivity index (χ1n) is 5.74. The van der Waals surface area contributed by atoms with Crippen molar-refractivity contribution in [2.45, 2.75) is 20.1 Å². The van der Waals surface area contributed by atoms with Crippen molar-refractivity contribution in [2.75, 3.05) is 13.2 Å². The van der Waals surface area contributed by atoms with Gasteiger partial charge in [0.05, 0.1) is 13.2 Å². The van der Waals surface area contributed by atoms with Gasteiger partial charge in [0.1, 0.15) is 0 Å². The van der Waals surface area contributed by atoms with Gasteiger partial charge < -0.3 is 20.5 Å². The molecule has 1 aromatic rings. The van der Waals surface area contributed by atoms with Crippen LogP contribution >= 0.6 is 0 Å². The third-order valence-corrected chi connectivity index (χ3v) is 2.20. The molecule has 1 amide bonds. The summed E-state index contributed by atoms with van der Waals surface area (Å²) >= 11 is 0. The topological polar surface area (TPSA) is 73.6 Å². The van der Waals surface area contributed by atoms with Gasteiger partial charge in [-0.15, -0.1) is 0 Å². The van der Waals surface area contributed by atoms with Crippen molar-refractivity contribution in [3.63, 3.8) is 0 Å². The molecule has 0 radical (unpaired) electrons. The van der Waals surface area contributed by atoms with Crippen LogP contribution in [0, 0.1) is 0 Å². The molecule has 0 aromatic heterocycles. The third-order valence-electron chi connectivity index (χ3n) is 2.20. The largest absolute Gasteiger partial charge is 0.490 e. The predicted molar refractivity (Wildman–Crippen MR) is 65.1 cm³/mol. The highest BCUT2D eigenvalue weighted by atomic mass is 19.3. The molecule has 0 unspecified atom stereocenters. The molecule has 0 aliphatic carbocycles. The van der Waals surface area contributed by atoms with E-state index in [1.54, 1.807) is 13.0 Å². The van der Waals surface area contributed by atoms with E-state index in [1.165, 1.54) is 12.1 Å². The van der Waals surface area contributed by atoms with E-state index < -0.39 is 6.61 Å². The highest BCUT2D eigenvalue weighted by molar-refractivity contribution is 5.77. The molecule has 0 aliphatic rings. The number of ether oxygens (including phenoxy) is 2. The van der Waals surface area contributed by atoms with E-state index in [4.69, 9.17) is 10.5 Å². The van der Waals surface area contributed by atoms with Gasteiger partial charge in [-0.05, 0) is 24.6 Å². The van der Waals surface area contributed by atoms with Gasteiger partial charge in [-0.1, -0.05) is 6.07 Å². The molecule has 0 saturated heterocycles. The van der Waals surface area contributed by atoms with Crippen LogP contribution in [0.4, 0.5) is 8.78 Å². The lowest BCUT2D eigenvalue weighted by Gasteiger charge is -2.13. The Morgan fingerprint density at radius 2 is 2.16 bits per heavy atom. The molecular weight excluding hydrogens is 258 g/mol. The minimum Gasteiger partial charge on any atom is -0.490 e. The lowest BCUT2D eigenvalue weighted by molar-refractivity contribution is -0.119. The summed E-state index contributed by atoms with van der Waals surface area (Å²) in [6.07, 6.45) is 0. The van der Waals surface area contributed by atoms with Gasteiger partial charge in [-0.25, -0.2) is 0 Å². The quantitative estimate of drug-likeness (QED) is 0.785. The highest BCUT2D eigenvalue weighted by Crippen LogP contribution is 2.29. The molecule has 0 heterocycles. The maximum atomic E-state index is 12.2. The molecule has 0 bridgehead atoms. The molecule has 5 nitrogen and oxygen atoms in total. The van der Waals surface area contributed by atoms with Gasteiger partial charge in [0.15, 0.2) is 11.5 Å². The number of benzene rings is 1. The first-order valence-corrected chi connectivity index (χ1v) is 5.74. The molecule has 0 atom stereocenters. The summed E-state index contributed by atoms with van der Waals surface area (Å²) < 4.78 is 33.9. The fraction of sp³-hybridized carbons (Fsp3) is 0.417. The number of halogens is 2. The van der Waals surface area contributed by atoms with Crippen molar-refractivity contribution in [3.05, 3.63) is 23.8 Å². The molecule has 0 aliphatic heterocycles. The first-order chi connectivity index (χ1) is 9.06. The van der Waals surface area contributed by atoms with Crippen LogP contribution in [-0.2, 0) is 11.3 Å². The van der Waals surface area contributed by atoms with Gasteiger partial charge in [0.2, 0.25) is 5.91 Å². The van der Waals surface area contributed by atoms with E-state index in [1.807, 2.05) is 0 Å². The van der Waals surface area contributed by atoms with Gasteiger partial charge in [0, 0.05) is 6.54 Å². The molecule has 1 rings (SSSR count). The summed E-state index contributed by atoms with van der Waals surface area (Å²) in [6.45, 7) is -0.731. The van der Waals surface area contributed by atoms with E-state index in [-0.39, 0.29) is 30.5 Å². The van der Waals surface area contributed by atoms with Gasteiger partial charge in [-0.2, -0.15) is 8.78 Å². The van der Waals surface area contributed by atoms with Crippen molar-refractivity contribution < 1.29 is 23.0 Å². The van der Waals surface area contributed by atoms with Crippen LogP contribution < -0.4 is 20.5 Å². The second kappa shape index (κ2) is 7.52. The van der Waals surface area contributed by atoms with Crippen LogP contribution in [0.15, 0.2) is 18.2 Å². The molecule has 106 valence electrons. The van der Waals surface area contributed by atoms with E-state index in [0.29, 0.717) is 12.2 Å². The van der Waals surface area contributed by atoms with E-state index in [9.17, 15) is 13.6 Å². The summed E-state index contributed by atoms with van der Waals surface area (Å²) in [5.41, 5.74) is 5.85. The smallest absolute Gasteiger partial charge is 0.387 e. The highest BCUT2D eigenvalue weighted by Gasteiger charge is 2.11. The number of amides is 1. The molecular formula is C12H16F2N2O3. The lowest BCUT2D eigenvalue weighted by atomic mass is 10.2. The number of carbonyl (C=O) groups is 1. The summed E-state index contributed by atoms with van der Waals surface area (Å²) in [7, 11) is 0. The van der Waals surface area contributed by atoms with Gasteiger partial charge >= 0.3 is 6.61 Å². The van der Waals surface area contributed by atoms with Crippen molar-refractivity contribution in [1.82, 2.24) is 5.32 Å². The number of nitrogens with two attached hydrogens (primary N) is 1. The Labute approximate surface area is 109 Å². The van der Waals surface area contributed by atoms with Crippen LogP contribution in [0.2, 0.25) is 0 Å². The van der Waals surface area contributed by atoms with Gasteiger partial charge in [-0.3, -0.25) is 4.79 Å². The van der Waals surface area contributed by atoms with Crippen LogP contribution in [0.1, 0.15) is 12.5 Å². The zero-order valence-electron chi connectivity index (χ0n) is 10.5. The molecule has 3 N–H and O–H groups in total. The zero-order valence-corrected chi connectivity index (χ0v) is 10.5. The Morgan fingerprint density at radius 3 is 2.74 bits per heavy atom. The SMILES string of the molecule is CCOc1cc(CNC(=O)CN)ccc1OC(F)F. The normalized spacial score (nSPS) is 10.4. The zero-order chi connectivity index (χ0) is 14.3. The monoisotopic (exact) mass is 274 g/mol. The Morgan fingerprint density at radius 1 is 1.42 bits per heavy atom. The Kier molecular flexibility index (Phi) is 6.01. The number of hydrogen-bond acceptors (Lipinski definition) is 4. The average molecular weight is 274 g/mol. The predicted octanol–water partition coefficient (Wildman–Crippen LogP) is 1.26. The Bertz CT molecular complexity index is 427. The van der Waals surface area contributed by atoms with Crippen LogP contribution in [0.3, 0.4) is 0 Å². The van der Waals surface area contributed by atoms with Crippen LogP contribution in [-0.4, -0.2) is 25.7 Å². The second-order valence-corrected chi connectivity index (χ2v) is 3.57. The fourth-order valence-corrected chi connectivity index (χ4v) is 1.40. The number of rotatable bonds is 7. The minimum absolute atomic E-state index is 0.0363. The van der Waals surface area contributed by atoms with E-state index in [2.05, 4.69) is 10.1 Å². The Hall–Kier alpha value is -1.89. The standard InChI is InChI=1S/C12H16F2N2O3/c1-2-18-10-5-8(7-16-11(17)6-15)3-4-9(10)19-12(13)14/h3-5,12H,2,6-7,15H2,1H3,(H,16,17). The Balaban J connectivity index is 2.79. The minimum atomic E-state index is -2.91. The number of carbonyl (C=O) groups excluding carboxylic acids is 1. The summed E-state index contributed by atoms with van der Waals surface area (Å²) in [6, 6.07) is 4.48. The van der Waals surface area contributed by atoms with E-state index in [0.717, 1.165) is 0 Å². The molecule has 0 spiro atoms.